The Balaban J connectivity index is 1.85. The number of benzene rings is 1. The quantitative estimate of drug-likeness (QED) is 0.401. The van der Waals surface area contributed by atoms with Gasteiger partial charge >= 0.3 is 0 Å². The van der Waals surface area contributed by atoms with E-state index in [9.17, 15) is 0 Å². The number of nitrogens with zero attached hydrogens (tertiary/aromatic N) is 5. The molecule has 6 nitrogen and oxygen atoms in total. The minimum Gasteiger partial charge on any atom is -0.361 e. The van der Waals surface area contributed by atoms with Gasteiger partial charge in [0.1, 0.15) is 5.76 Å². The Hall–Kier alpha value is -2.93. The van der Waals surface area contributed by atoms with Crippen molar-refractivity contribution in [1.82, 2.24) is 24.9 Å². The molecule has 7 heteroatoms. The van der Waals surface area contributed by atoms with Crippen molar-refractivity contribution in [2.24, 2.45) is 0 Å². The lowest BCUT2D eigenvalue weighted by Crippen LogP contribution is -2.07. The summed E-state index contributed by atoms with van der Waals surface area (Å²) in [5, 5.41) is 14.0. The van der Waals surface area contributed by atoms with Crippen LogP contribution in [0.4, 0.5) is 0 Å². The van der Waals surface area contributed by atoms with Crippen LogP contribution in [0.2, 0.25) is 0 Å². The lowest BCUT2D eigenvalue weighted by atomic mass is 10.0. The van der Waals surface area contributed by atoms with E-state index < -0.39 is 0 Å². The van der Waals surface area contributed by atoms with E-state index in [1.807, 2.05) is 31.3 Å². The van der Waals surface area contributed by atoms with Crippen molar-refractivity contribution in [3.05, 3.63) is 71.4 Å². The topological polar surface area (TPSA) is 69.6 Å². The number of para-hydroxylation sites is 1. The van der Waals surface area contributed by atoms with E-state index in [4.69, 9.17) is 4.52 Å². The summed E-state index contributed by atoms with van der Waals surface area (Å²) in [7, 11) is 0. The Kier molecular flexibility index (Phi) is 5.76. The largest absolute Gasteiger partial charge is 0.361 e. The second-order valence-corrected chi connectivity index (χ2v) is 7.68. The molecule has 3 heterocycles. The predicted octanol–water partition coefficient (Wildman–Crippen LogP) is 5.04. The van der Waals surface area contributed by atoms with Crippen LogP contribution in [-0.4, -0.2) is 24.9 Å². The molecule has 0 fully saturated rings. The fraction of sp³-hybridized carbons (Fsp3) is 0.273. The van der Waals surface area contributed by atoms with E-state index in [2.05, 4.69) is 57.0 Å². The van der Waals surface area contributed by atoms with Gasteiger partial charge in [-0.25, -0.2) is 0 Å². The van der Waals surface area contributed by atoms with Crippen LogP contribution in [0.1, 0.15) is 36.4 Å². The van der Waals surface area contributed by atoms with Crippen molar-refractivity contribution in [3.8, 4) is 17.1 Å². The summed E-state index contributed by atoms with van der Waals surface area (Å²) in [6.45, 7) is 6.25. The van der Waals surface area contributed by atoms with E-state index in [-0.39, 0.29) is 0 Å². The predicted molar refractivity (Wildman–Crippen MR) is 114 cm³/mol. The normalized spacial score (nSPS) is 11.1. The van der Waals surface area contributed by atoms with Crippen molar-refractivity contribution in [3.63, 3.8) is 0 Å². The van der Waals surface area contributed by atoms with Gasteiger partial charge in [0.2, 0.25) is 0 Å². The molecule has 1 aromatic carbocycles. The first-order chi connectivity index (χ1) is 14.2. The van der Waals surface area contributed by atoms with Crippen molar-refractivity contribution >= 4 is 11.8 Å². The molecule has 4 rings (SSSR count). The fourth-order valence-corrected chi connectivity index (χ4v) is 4.19. The highest BCUT2D eigenvalue weighted by atomic mass is 32.2. The van der Waals surface area contributed by atoms with Crippen LogP contribution in [-0.2, 0) is 18.6 Å². The highest BCUT2D eigenvalue weighted by molar-refractivity contribution is 7.98. The van der Waals surface area contributed by atoms with Crippen LogP contribution in [0.15, 0.2) is 58.5 Å². The second kappa shape index (κ2) is 8.61. The van der Waals surface area contributed by atoms with Crippen LogP contribution in [0.3, 0.4) is 0 Å². The molecule has 0 unspecified atom stereocenters. The van der Waals surface area contributed by atoms with Crippen molar-refractivity contribution < 1.29 is 4.52 Å². The molecule has 0 bridgehead atoms. The van der Waals surface area contributed by atoms with Gasteiger partial charge in [-0.15, -0.1) is 10.2 Å². The number of hydrogen-bond donors (Lipinski definition) is 0. The first-order valence-electron chi connectivity index (χ1n) is 9.73. The van der Waals surface area contributed by atoms with Crippen LogP contribution in [0.25, 0.3) is 17.1 Å². The molecule has 3 aromatic heterocycles. The third kappa shape index (κ3) is 3.96. The van der Waals surface area contributed by atoms with E-state index in [1.165, 1.54) is 16.8 Å². The first-order valence-corrected chi connectivity index (χ1v) is 10.7. The SMILES string of the molecule is CCc1cccc(CC)c1-n1c(SCc2cc(C)on2)nnc1-c1cccnc1. The number of pyridine rings is 1. The molecule has 0 saturated heterocycles. The van der Waals surface area contributed by atoms with Crippen LogP contribution < -0.4 is 0 Å². The Morgan fingerprint density at radius 3 is 2.45 bits per heavy atom. The molecule has 0 amide bonds. The molecule has 0 aliphatic heterocycles. The summed E-state index contributed by atoms with van der Waals surface area (Å²) in [5.74, 6) is 2.27. The molecule has 148 valence electrons. The smallest absolute Gasteiger partial charge is 0.196 e. The Morgan fingerprint density at radius 2 is 1.83 bits per heavy atom. The van der Waals surface area contributed by atoms with Crippen molar-refractivity contribution in [2.45, 2.75) is 44.5 Å². The maximum atomic E-state index is 5.20. The minimum atomic E-state index is 0.665. The molecule has 0 spiro atoms. The van der Waals surface area contributed by atoms with Gasteiger partial charge in [0, 0.05) is 29.8 Å². The maximum Gasteiger partial charge on any atom is 0.196 e. The van der Waals surface area contributed by atoms with Crippen molar-refractivity contribution in [2.75, 3.05) is 0 Å². The molecule has 0 atom stereocenters. The average Bonchev–Trinajstić information content (AvgIpc) is 3.37. The molecular formula is C22H23N5OS. The molecular weight excluding hydrogens is 382 g/mol. The average molecular weight is 406 g/mol. The Bertz CT molecular complexity index is 1080. The molecule has 0 aliphatic rings. The third-order valence-electron chi connectivity index (χ3n) is 4.77. The van der Waals surface area contributed by atoms with Gasteiger partial charge in [0.25, 0.3) is 0 Å². The second-order valence-electron chi connectivity index (χ2n) is 6.73. The van der Waals surface area contributed by atoms with E-state index >= 15 is 0 Å². The van der Waals surface area contributed by atoms with Crippen LogP contribution in [0.5, 0.6) is 0 Å². The lowest BCUT2D eigenvalue weighted by molar-refractivity contribution is 0.393. The number of hydrogen-bond acceptors (Lipinski definition) is 6. The zero-order valence-electron chi connectivity index (χ0n) is 16.8. The van der Waals surface area contributed by atoms with E-state index in [0.717, 1.165) is 40.8 Å². The van der Waals surface area contributed by atoms with Gasteiger partial charge in [-0.2, -0.15) is 0 Å². The van der Waals surface area contributed by atoms with Gasteiger partial charge in [0.05, 0.1) is 11.4 Å². The summed E-state index contributed by atoms with van der Waals surface area (Å²) < 4.78 is 7.37. The van der Waals surface area contributed by atoms with Gasteiger partial charge in [-0.3, -0.25) is 9.55 Å². The number of aromatic nitrogens is 5. The zero-order valence-corrected chi connectivity index (χ0v) is 17.6. The number of thioether (sulfide) groups is 1. The summed E-state index contributed by atoms with van der Waals surface area (Å²) >= 11 is 1.61. The van der Waals surface area contributed by atoms with Crippen LogP contribution >= 0.6 is 11.8 Å². The molecule has 0 aliphatic carbocycles. The summed E-state index contributed by atoms with van der Waals surface area (Å²) in [5.41, 5.74) is 5.54. The monoisotopic (exact) mass is 405 g/mol. The third-order valence-corrected chi connectivity index (χ3v) is 5.73. The Morgan fingerprint density at radius 1 is 1.03 bits per heavy atom. The maximum absolute atomic E-state index is 5.20. The summed E-state index contributed by atoms with van der Waals surface area (Å²) in [4.78, 5) is 4.28. The Labute approximate surface area is 174 Å². The van der Waals surface area contributed by atoms with Gasteiger partial charge < -0.3 is 4.52 Å². The molecule has 4 aromatic rings. The van der Waals surface area contributed by atoms with Crippen molar-refractivity contribution in [1.29, 1.82) is 0 Å². The molecule has 29 heavy (non-hydrogen) atoms. The zero-order chi connectivity index (χ0) is 20.2. The van der Waals surface area contributed by atoms with E-state index in [0.29, 0.717) is 5.75 Å². The summed E-state index contributed by atoms with van der Waals surface area (Å²) in [6, 6.07) is 12.4. The highest BCUT2D eigenvalue weighted by Gasteiger charge is 2.20. The standard InChI is InChI=1S/C22H23N5OS/c1-4-16-8-6-9-17(5-2)20(16)27-21(18-10-7-11-23-13-18)24-25-22(27)29-14-19-12-15(3)28-26-19/h6-13H,4-5,14H2,1-3H3. The van der Waals surface area contributed by atoms with E-state index in [1.54, 1.807) is 18.0 Å². The van der Waals surface area contributed by atoms with Gasteiger partial charge in [-0.1, -0.05) is 49.0 Å². The summed E-state index contributed by atoms with van der Waals surface area (Å²) in [6.07, 6.45) is 5.46. The highest BCUT2D eigenvalue weighted by Crippen LogP contribution is 2.33. The number of aryl methyl sites for hydroxylation is 3. The molecule has 0 N–H and O–H groups in total. The minimum absolute atomic E-state index is 0.665. The fourth-order valence-electron chi connectivity index (χ4n) is 3.37. The molecule has 0 radical (unpaired) electrons. The van der Waals surface area contributed by atoms with Gasteiger partial charge in [0.15, 0.2) is 11.0 Å². The van der Waals surface area contributed by atoms with Crippen LogP contribution in [0, 0.1) is 6.92 Å². The molecule has 0 saturated carbocycles. The lowest BCUT2D eigenvalue weighted by Gasteiger charge is -2.17. The first kappa shape index (κ1) is 19.4. The number of rotatable bonds is 7. The van der Waals surface area contributed by atoms with Gasteiger partial charge in [-0.05, 0) is 43.0 Å².